The Balaban J connectivity index is 1.57. The summed E-state index contributed by atoms with van der Waals surface area (Å²) in [7, 11) is 0. The molecule has 0 radical (unpaired) electrons. The molecule has 1 N–H and O–H groups in total. The maximum Gasteiger partial charge on any atom is 0.270 e. The number of amides is 1. The summed E-state index contributed by atoms with van der Waals surface area (Å²) in [5.74, 6) is -0.258. The van der Waals surface area contributed by atoms with Crippen LogP contribution in [0.2, 0.25) is 5.02 Å². The van der Waals surface area contributed by atoms with Crippen LogP contribution >= 0.6 is 11.6 Å². The monoisotopic (exact) mass is 344 g/mol. The molecule has 5 nitrogen and oxygen atoms in total. The standard InChI is InChI=1S/C17H14ClFN4O/c18-13-7-12(19)4-3-11(13)9-20-17(24)14-8-15(10-1-2-10)23-16(22-14)5-6-21-23/h3-8,10H,1-2,9H2,(H,20,24). The van der Waals surface area contributed by atoms with Crippen molar-refractivity contribution in [2.45, 2.75) is 25.3 Å². The Hall–Kier alpha value is -2.47. The molecular weight excluding hydrogens is 331 g/mol. The molecule has 0 aliphatic heterocycles. The maximum absolute atomic E-state index is 13.1. The lowest BCUT2D eigenvalue weighted by atomic mass is 10.2. The number of fused-ring (bicyclic) bond motifs is 1. The molecule has 0 unspecified atom stereocenters. The van der Waals surface area contributed by atoms with Crippen molar-refractivity contribution in [2.75, 3.05) is 0 Å². The van der Waals surface area contributed by atoms with Crippen LogP contribution in [0.4, 0.5) is 4.39 Å². The summed E-state index contributed by atoms with van der Waals surface area (Å²) in [6.45, 7) is 0.211. The molecular formula is C17H14ClFN4O. The number of rotatable bonds is 4. The minimum absolute atomic E-state index is 0.211. The second-order valence-corrected chi connectivity index (χ2v) is 6.27. The third kappa shape index (κ3) is 2.85. The van der Waals surface area contributed by atoms with Crippen LogP contribution in [0.1, 0.15) is 40.5 Å². The largest absolute Gasteiger partial charge is 0.347 e. The van der Waals surface area contributed by atoms with E-state index < -0.39 is 5.82 Å². The molecule has 1 aromatic carbocycles. The smallest absolute Gasteiger partial charge is 0.270 e. The summed E-state index contributed by atoms with van der Waals surface area (Å²) in [5.41, 5.74) is 2.67. The summed E-state index contributed by atoms with van der Waals surface area (Å²) in [5, 5.41) is 7.33. The van der Waals surface area contributed by atoms with Crippen molar-refractivity contribution in [3.05, 3.63) is 64.3 Å². The summed E-state index contributed by atoms with van der Waals surface area (Å²) in [6.07, 6.45) is 3.88. The van der Waals surface area contributed by atoms with E-state index in [0.717, 1.165) is 18.5 Å². The van der Waals surface area contributed by atoms with Crippen molar-refractivity contribution >= 4 is 23.2 Å². The zero-order valence-electron chi connectivity index (χ0n) is 12.7. The molecule has 1 aliphatic carbocycles. The number of nitrogens with one attached hydrogen (secondary N) is 1. The molecule has 1 fully saturated rings. The number of carbonyl (C=O) groups excluding carboxylic acids is 1. The Kier molecular flexibility index (Phi) is 3.69. The average molecular weight is 345 g/mol. The van der Waals surface area contributed by atoms with Crippen LogP contribution in [-0.4, -0.2) is 20.5 Å². The van der Waals surface area contributed by atoms with Gasteiger partial charge < -0.3 is 5.32 Å². The fraction of sp³-hybridized carbons (Fsp3) is 0.235. The Bertz CT molecular complexity index is 935. The highest BCUT2D eigenvalue weighted by molar-refractivity contribution is 6.31. The van der Waals surface area contributed by atoms with Gasteiger partial charge in [0.05, 0.1) is 6.20 Å². The van der Waals surface area contributed by atoms with Gasteiger partial charge in [-0.25, -0.2) is 13.9 Å². The zero-order chi connectivity index (χ0) is 16.7. The number of hydrogen-bond donors (Lipinski definition) is 1. The van der Waals surface area contributed by atoms with Crippen molar-refractivity contribution < 1.29 is 9.18 Å². The minimum atomic E-state index is -0.406. The second kappa shape index (κ2) is 5.87. The van der Waals surface area contributed by atoms with Crippen molar-refractivity contribution in [2.24, 2.45) is 0 Å². The van der Waals surface area contributed by atoms with Crippen LogP contribution in [0.25, 0.3) is 5.65 Å². The highest BCUT2D eigenvalue weighted by Crippen LogP contribution is 2.40. The van der Waals surface area contributed by atoms with Gasteiger partial charge >= 0.3 is 0 Å². The van der Waals surface area contributed by atoms with E-state index in [0.29, 0.717) is 22.8 Å². The molecule has 122 valence electrons. The molecule has 3 aromatic rings. The van der Waals surface area contributed by atoms with Crippen molar-refractivity contribution in [3.8, 4) is 0 Å². The Morgan fingerprint density at radius 3 is 2.92 bits per heavy atom. The normalized spacial score (nSPS) is 14.1. The lowest BCUT2D eigenvalue weighted by Crippen LogP contribution is -2.24. The highest BCUT2D eigenvalue weighted by atomic mass is 35.5. The van der Waals surface area contributed by atoms with Gasteiger partial charge in [-0.05, 0) is 36.6 Å². The van der Waals surface area contributed by atoms with E-state index in [-0.39, 0.29) is 17.5 Å². The predicted molar refractivity (Wildman–Crippen MR) is 87.5 cm³/mol. The number of halogens is 2. The third-order valence-corrected chi connectivity index (χ3v) is 4.42. The van der Waals surface area contributed by atoms with E-state index in [4.69, 9.17) is 11.6 Å². The molecule has 4 rings (SSSR count). The first-order valence-electron chi connectivity index (χ1n) is 7.68. The Labute approximate surface area is 142 Å². The van der Waals surface area contributed by atoms with Crippen LogP contribution in [0.3, 0.4) is 0 Å². The van der Waals surface area contributed by atoms with Gasteiger partial charge in [-0.1, -0.05) is 17.7 Å². The van der Waals surface area contributed by atoms with Crippen LogP contribution in [-0.2, 0) is 6.54 Å². The molecule has 1 amide bonds. The number of benzene rings is 1. The van der Waals surface area contributed by atoms with Crippen LogP contribution in [0, 0.1) is 5.82 Å². The topological polar surface area (TPSA) is 59.3 Å². The number of aromatic nitrogens is 3. The van der Waals surface area contributed by atoms with Gasteiger partial charge in [0.25, 0.3) is 5.91 Å². The van der Waals surface area contributed by atoms with Gasteiger partial charge in [0.2, 0.25) is 0 Å². The van der Waals surface area contributed by atoms with E-state index in [9.17, 15) is 9.18 Å². The van der Waals surface area contributed by atoms with Gasteiger partial charge in [-0.2, -0.15) is 5.10 Å². The minimum Gasteiger partial charge on any atom is -0.347 e. The van der Waals surface area contributed by atoms with Crippen molar-refractivity contribution in [1.29, 1.82) is 0 Å². The van der Waals surface area contributed by atoms with Crippen molar-refractivity contribution in [3.63, 3.8) is 0 Å². The summed E-state index contributed by atoms with van der Waals surface area (Å²) in [6, 6.07) is 7.67. The average Bonchev–Trinajstić information content (AvgIpc) is 3.30. The van der Waals surface area contributed by atoms with E-state index in [1.807, 2.05) is 0 Å². The van der Waals surface area contributed by atoms with Gasteiger partial charge in [0.1, 0.15) is 11.5 Å². The lowest BCUT2D eigenvalue weighted by Gasteiger charge is -2.09. The molecule has 2 heterocycles. The SMILES string of the molecule is O=C(NCc1ccc(F)cc1Cl)c1cc(C2CC2)n2nccc2n1. The van der Waals surface area contributed by atoms with E-state index in [1.165, 1.54) is 12.1 Å². The fourth-order valence-corrected chi connectivity index (χ4v) is 2.89. The van der Waals surface area contributed by atoms with Crippen LogP contribution in [0.5, 0.6) is 0 Å². The molecule has 0 saturated heterocycles. The van der Waals surface area contributed by atoms with Crippen LogP contribution in [0.15, 0.2) is 36.5 Å². The maximum atomic E-state index is 13.1. The Morgan fingerprint density at radius 2 is 2.17 bits per heavy atom. The molecule has 7 heteroatoms. The molecule has 0 atom stereocenters. The molecule has 0 spiro atoms. The zero-order valence-corrected chi connectivity index (χ0v) is 13.4. The highest BCUT2D eigenvalue weighted by Gasteiger charge is 2.28. The van der Waals surface area contributed by atoms with Gasteiger partial charge in [0.15, 0.2) is 5.65 Å². The van der Waals surface area contributed by atoms with E-state index in [2.05, 4.69) is 15.4 Å². The molecule has 2 aromatic heterocycles. The van der Waals surface area contributed by atoms with Crippen molar-refractivity contribution in [1.82, 2.24) is 19.9 Å². The quantitative estimate of drug-likeness (QED) is 0.789. The first-order valence-corrected chi connectivity index (χ1v) is 8.06. The van der Waals surface area contributed by atoms with E-state index in [1.54, 1.807) is 28.9 Å². The summed E-state index contributed by atoms with van der Waals surface area (Å²) in [4.78, 5) is 16.8. The number of hydrogen-bond acceptors (Lipinski definition) is 3. The third-order valence-electron chi connectivity index (χ3n) is 4.07. The summed E-state index contributed by atoms with van der Waals surface area (Å²) >= 11 is 5.98. The molecule has 1 saturated carbocycles. The second-order valence-electron chi connectivity index (χ2n) is 5.86. The van der Waals surface area contributed by atoms with Gasteiger partial charge in [-0.3, -0.25) is 4.79 Å². The molecule has 1 aliphatic rings. The first kappa shape index (κ1) is 15.1. The molecule has 0 bridgehead atoms. The van der Waals surface area contributed by atoms with E-state index >= 15 is 0 Å². The summed E-state index contributed by atoms with van der Waals surface area (Å²) < 4.78 is 14.8. The number of nitrogens with zero attached hydrogens (tertiary/aromatic N) is 3. The fourth-order valence-electron chi connectivity index (χ4n) is 2.65. The predicted octanol–water partition coefficient (Wildman–Crippen LogP) is 3.33. The van der Waals surface area contributed by atoms with Crippen LogP contribution < -0.4 is 5.32 Å². The Morgan fingerprint density at radius 1 is 1.33 bits per heavy atom. The van der Waals surface area contributed by atoms with Gasteiger partial charge in [-0.15, -0.1) is 0 Å². The lowest BCUT2D eigenvalue weighted by molar-refractivity contribution is 0.0946. The number of carbonyl (C=O) groups is 1. The first-order chi connectivity index (χ1) is 11.6. The molecule has 24 heavy (non-hydrogen) atoms. The van der Waals surface area contributed by atoms with Gasteiger partial charge in [0, 0.05) is 29.2 Å².